The van der Waals surface area contributed by atoms with Crippen LogP contribution in [0.1, 0.15) is 29.1 Å². The molecule has 1 unspecified atom stereocenters. The van der Waals surface area contributed by atoms with Gasteiger partial charge in [0.15, 0.2) is 0 Å². The van der Waals surface area contributed by atoms with Crippen molar-refractivity contribution in [3.05, 3.63) is 68.8 Å². The van der Waals surface area contributed by atoms with Crippen molar-refractivity contribution < 1.29 is 28.3 Å². The Bertz CT molecular complexity index is 922. The van der Waals surface area contributed by atoms with Gasteiger partial charge in [0.05, 0.1) is 29.7 Å². The van der Waals surface area contributed by atoms with Crippen LogP contribution in [0.5, 0.6) is 0 Å². The molecule has 28 heavy (non-hydrogen) atoms. The van der Waals surface area contributed by atoms with Crippen LogP contribution in [0, 0.1) is 3.57 Å². The summed E-state index contributed by atoms with van der Waals surface area (Å²) in [6.07, 6.45) is 1.43. The van der Waals surface area contributed by atoms with Crippen LogP contribution in [0.4, 0.5) is 4.79 Å². The minimum Gasteiger partial charge on any atom is -0.467 e. The number of carbonyl (C=O) groups is 3. The Labute approximate surface area is 174 Å². The molecule has 146 valence electrons. The lowest BCUT2D eigenvalue weighted by atomic mass is 10.0. The smallest absolute Gasteiger partial charge is 0.339 e. The van der Waals surface area contributed by atoms with E-state index in [9.17, 15) is 14.4 Å². The Hall–Kier alpha value is -2.82. The molecular formula is C19H17IN2O6. The van der Waals surface area contributed by atoms with Gasteiger partial charge in [-0.05, 0) is 53.8 Å². The maximum atomic E-state index is 12.5. The highest BCUT2D eigenvalue weighted by Crippen LogP contribution is 2.28. The van der Waals surface area contributed by atoms with Crippen LogP contribution >= 0.6 is 22.6 Å². The van der Waals surface area contributed by atoms with Crippen LogP contribution in [0.15, 0.2) is 58.3 Å². The molecule has 8 nitrogen and oxygen atoms in total. The van der Waals surface area contributed by atoms with Crippen LogP contribution in [0.2, 0.25) is 0 Å². The summed E-state index contributed by atoms with van der Waals surface area (Å²) < 4.78 is 16.5. The van der Waals surface area contributed by atoms with E-state index >= 15 is 0 Å². The third-order valence-corrected chi connectivity index (χ3v) is 4.86. The number of rotatable bonds is 6. The Morgan fingerprint density at radius 1 is 1.14 bits per heavy atom. The van der Waals surface area contributed by atoms with Crippen molar-refractivity contribution in [1.82, 2.24) is 10.6 Å². The zero-order chi connectivity index (χ0) is 20.1. The second-order valence-corrected chi connectivity index (χ2v) is 6.88. The fraction of sp³-hybridized carbons (Fsp3) is 0.211. The lowest BCUT2D eigenvalue weighted by Crippen LogP contribution is -2.47. The monoisotopic (exact) mass is 496 g/mol. The maximum absolute atomic E-state index is 12.5. The summed E-state index contributed by atoms with van der Waals surface area (Å²) in [5.74, 6) is -0.848. The topological polar surface area (TPSA) is 107 Å². The normalized spacial score (nSPS) is 16.2. The Kier molecular flexibility index (Phi) is 6.34. The van der Waals surface area contributed by atoms with E-state index in [-0.39, 0.29) is 24.5 Å². The highest BCUT2D eigenvalue weighted by atomic mass is 127. The zero-order valence-corrected chi connectivity index (χ0v) is 17.0. The van der Waals surface area contributed by atoms with Gasteiger partial charge in [-0.15, -0.1) is 0 Å². The second-order valence-electron chi connectivity index (χ2n) is 5.72. The van der Waals surface area contributed by atoms with Gasteiger partial charge in [-0.1, -0.05) is 12.1 Å². The standard InChI is InChI=1S/C19H17IN2O6/c1-2-26-18(24)15-13(10-28-17(23)11-6-3-4-7-12(11)20)21-19(25)22-16(15)14-8-5-9-27-14/h3-9,16H,2,10H2,1H3,(H2,21,22,25). The summed E-state index contributed by atoms with van der Waals surface area (Å²) in [5, 5.41) is 5.15. The molecule has 0 fully saturated rings. The molecule has 1 aliphatic heterocycles. The molecule has 0 spiro atoms. The number of halogens is 1. The van der Waals surface area contributed by atoms with Gasteiger partial charge in [0.2, 0.25) is 0 Å². The Balaban J connectivity index is 1.90. The first-order valence-electron chi connectivity index (χ1n) is 8.44. The third kappa shape index (κ3) is 4.35. The molecule has 1 aliphatic rings. The molecule has 1 aromatic carbocycles. The first kappa shape index (κ1) is 19.9. The van der Waals surface area contributed by atoms with Gasteiger partial charge < -0.3 is 24.5 Å². The number of esters is 2. The van der Waals surface area contributed by atoms with Crippen LogP contribution in [0.3, 0.4) is 0 Å². The number of hydrogen-bond acceptors (Lipinski definition) is 6. The van der Waals surface area contributed by atoms with Gasteiger partial charge in [-0.2, -0.15) is 0 Å². The van der Waals surface area contributed by atoms with Crippen molar-refractivity contribution in [3.63, 3.8) is 0 Å². The van der Waals surface area contributed by atoms with E-state index in [2.05, 4.69) is 10.6 Å². The van der Waals surface area contributed by atoms with Gasteiger partial charge in [-0.3, -0.25) is 0 Å². The lowest BCUT2D eigenvalue weighted by molar-refractivity contribution is -0.139. The number of furan rings is 1. The molecule has 1 aromatic heterocycles. The molecular weight excluding hydrogens is 479 g/mol. The fourth-order valence-electron chi connectivity index (χ4n) is 2.69. The Morgan fingerprint density at radius 2 is 1.93 bits per heavy atom. The summed E-state index contributed by atoms with van der Waals surface area (Å²) in [4.78, 5) is 37.0. The summed E-state index contributed by atoms with van der Waals surface area (Å²) >= 11 is 2.03. The second kappa shape index (κ2) is 8.91. The fourth-order valence-corrected chi connectivity index (χ4v) is 3.30. The van der Waals surface area contributed by atoms with E-state index in [1.165, 1.54) is 6.26 Å². The maximum Gasteiger partial charge on any atom is 0.339 e. The van der Waals surface area contributed by atoms with E-state index in [1.807, 2.05) is 22.6 Å². The molecule has 0 saturated carbocycles. The molecule has 3 rings (SSSR count). The van der Waals surface area contributed by atoms with Crippen LogP contribution in [-0.4, -0.2) is 31.2 Å². The van der Waals surface area contributed by atoms with E-state index in [4.69, 9.17) is 13.9 Å². The SMILES string of the molecule is CCOC(=O)C1=C(COC(=O)c2ccccc2I)NC(=O)NC1c1ccco1. The van der Waals surface area contributed by atoms with Crippen molar-refractivity contribution in [1.29, 1.82) is 0 Å². The average Bonchev–Trinajstić information content (AvgIpc) is 3.20. The minimum absolute atomic E-state index is 0.118. The molecule has 9 heteroatoms. The minimum atomic E-state index is -0.853. The first-order chi connectivity index (χ1) is 13.5. The van der Waals surface area contributed by atoms with Crippen molar-refractivity contribution in [2.75, 3.05) is 13.2 Å². The van der Waals surface area contributed by atoms with Crippen LogP contribution in [-0.2, 0) is 14.3 Å². The Morgan fingerprint density at radius 3 is 2.61 bits per heavy atom. The van der Waals surface area contributed by atoms with Crippen LogP contribution < -0.4 is 10.6 Å². The largest absolute Gasteiger partial charge is 0.467 e. The molecule has 2 N–H and O–H groups in total. The van der Waals surface area contributed by atoms with Crippen molar-refractivity contribution >= 4 is 40.6 Å². The number of benzene rings is 1. The number of hydrogen-bond donors (Lipinski definition) is 2. The van der Waals surface area contributed by atoms with Gasteiger partial charge in [0, 0.05) is 3.57 Å². The summed E-state index contributed by atoms with van der Waals surface area (Å²) in [5.41, 5.74) is 0.652. The number of nitrogens with one attached hydrogen (secondary N) is 2. The van der Waals surface area contributed by atoms with E-state index in [1.54, 1.807) is 43.3 Å². The average molecular weight is 496 g/mol. The van der Waals surface area contributed by atoms with E-state index < -0.39 is 24.0 Å². The summed E-state index contributed by atoms with van der Waals surface area (Å²) in [6, 6.07) is 8.82. The molecule has 0 saturated heterocycles. The first-order valence-corrected chi connectivity index (χ1v) is 9.51. The molecule has 2 amide bonds. The highest BCUT2D eigenvalue weighted by Gasteiger charge is 2.35. The third-order valence-electron chi connectivity index (χ3n) is 3.92. The number of urea groups is 1. The number of ether oxygens (including phenoxy) is 2. The number of amides is 2. The molecule has 0 aliphatic carbocycles. The van der Waals surface area contributed by atoms with Crippen molar-refractivity contribution in [2.45, 2.75) is 13.0 Å². The summed E-state index contributed by atoms with van der Waals surface area (Å²) in [7, 11) is 0. The predicted molar refractivity (Wildman–Crippen MR) is 106 cm³/mol. The van der Waals surface area contributed by atoms with Crippen LogP contribution in [0.25, 0.3) is 0 Å². The van der Waals surface area contributed by atoms with Crippen molar-refractivity contribution in [3.8, 4) is 0 Å². The van der Waals surface area contributed by atoms with Gasteiger partial charge in [-0.25, -0.2) is 14.4 Å². The molecule has 2 heterocycles. The van der Waals surface area contributed by atoms with Gasteiger partial charge >= 0.3 is 18.0 Å². The summed E-state index contributed by atoms with van der Waals surface area (Å²) in [6.45, 7) is 1.52. The highest BCUT2D eigenvalue weighted by molar-refractivity contribution is 14.1. The van der Waals surface area contributed by atoms with Gasteiger partial charge in [0.25, 0.3) is 0 Å². The molecule has 2 aromatic rings. The lowest BCUT2D eigenvalue weighted by Gasteiger charge is -2.27. The van der Waals surface area contributed by atoms with Crippen molar-refractivity contribution in [2.24, 2.45) is 0 Å². The molecule has 1 atom stereocenters. The van der Waals surface area contributed by atoms with E-state index in [0.29, 0.717) is 11.3 Å². The van der Waals surface area contributed by atoms with E-state index in [0.717, 1.165) is 3.57 Å². The zero-order valence-electron chi connectivity index (χ0n) is 14.9. The quantitative estimate of drug-likeness (QED) is 0.471. The van der Waals surface area contributed by atoms with Gasteiger partial charge in [0.1, 0.15) is 18.4 Å². The number of carbonyl (C=O) groups excluding carboxylic acids is 3. The molecule has 0 radical (unpaired) electrons. The molecule has 0 bridgehead atoms. The predicted octanol–water partition coefficient (Wildman–Crippen LogP) is 2.91.